The van der Waals surface area contributed by atoms with Crippen LogP contribution in [0.15, 0.2) is 6.20 Å². The predicted molar refractivity (Wildman–Crippen MR) is 81.7 cm³/mol. The Morgan fingerprint density at radius 3 is 2.76 bits per heavy atom. The molecule has 6 heteroatoms. The molecule has 2 atom stereocenters. The summed E-state index contributed by atoms with van der Waals surface area (Å²) < 4.78 is 5.38. The van der Waals surface area contributed by atoms with E-state index in [1.54, 1.807) is 11.3 Å². The van der Waals surface area contributed by atoms with E-state index in [0.29, 0.717) is 17.1 Å². The number of rotatable bonds is 3. The first kappa shape index (κ1) is 13.5. The second-order valence-corrected chi connectivity index (χ2v) is 7.54. The molecule has 4 rings (SSSR count). The first-order valence-corrected chi connectivity index (χ1v) is 8.70. The molecule has 21 heavy (non-hydrogen) atoms. The Morgan fingerprint density at radius 1 is 1.24 bits per heavy atom. The van der Waals surface area contributed by atoms with Gasteiger partial charge in [0.05, 0.1) is 0 Å². The van der Waals surface area contributed by atoms with Crippen molar-refractivity contribution in [1.82, 2.24) is 10.3 Å². The third kappa shape index (κ3) is 3.06. The van der Waals surface area contributed by atoms with Crippen molar-refractivity contribution < 1.29 is 9.53 Å². The zero-order valence-corrected chi connectivity index (χ0v) is 12.8. The zero-order chi connectivity index (χ0) is 14.2. The lowest BCUT2D eigenvalue weighted by Crippen LogP contribution is -2.36. The number of carbonyl (C=O) groups excluding carboxylic acids is 1. The van der Waals surface area contributed by atoms with Gasteiger partial charge in [0, 0.05) is 30.3 Å². The van der Waals surface area contributed by atoms with Gasteiger partial charge in [0.2, 0.25) is 0 Å². The second-order valence-electron chi connectivity index (χ2n) is 6.48. The lowest BCUT2D eigenvalue weighted by molar-refractivity contribution is 0.0860. The van der Waals surface area contributed by atoms with E-state index in [9.17, 15) is 4.79 Å². The van der Waals surface area contributed by atoms with Gasteiger partial charge < -0.3 is 10.1 Å². The Bertz CT molecular complexity index is 517. The third-order valence-electron chi connectivity index (χ3n) is 4.95. The Hall–Kier alpha value is -1.14. The Balaban J connectivity index is 1.29. The first-order chi connectivity index (χ1) is 10.3. The number of anilines is 1. The highest BCUT2D eigenvalue weighted by Gasteiger charge is 2.46. The highest BCUT2D eigenvalue weighted by molar-refractivity contribution is 7.15. The molecule has 2 heterocycles. The van der Waals surface area contributed by atoms with E-state index in [1.165, 1.54) is 11.3 Å². The summed E-state index contributed by atoms with van der Waals surface area (Å²) in [5, 5.41) is 6.66. The van der Waals surface area contributed by atoms with Gasteiger partial charge in [-0.05, 0) is 49.9 Å². The van der Waals surface area contributed by atoms with E-state index in [-0.39, 0.29) is 6.03 Å². The highest BCUT2D eigenvalue weighted by atomic mass is 32.1. The Labute approximate surface area is 128 Å². The third-order valence-corrected chi connectivity index (χ3v) is 6.02. The number of urea groups is 1. The molecule has 0 bridgehead atoms. The van der Waals surface area contributed by atoms with Crippen LogP contribution in [0.25, 0.3) is 0 Å². The Kier molecular flexibility index (Phi) is 3.59. The molecule has 0 spiro atoms. The van der Waals surface area contributed by atoms with Gasteiger partial charge in [0.15, 0.2) is 5.13 Å². The van der Waals surface area contributed by atoms with Crippen LogP contribution in [0.1, 0.15) is 42.9 Å². The number of thiazole rings is 1. The summed E-state index contributed by atoms with van der Waals surface area (Å²) in [4.78, 5) is 17.6. The van der Waals surface area contributed by atoms with Crippen LogP contribution in [0.2, 0.25) is 0 Å². The number of aromatic nitrogens is 1. The molecule has 114 valence electrons. The van der Waals surface area contributed by atoms with Crippen LogP contribution >= 0.6 is 11.3 Å². The standard InChI is InChI=1S/C15H21N3O2S/c19-14(17-12-6-10-5-11(10)7-12)18-15-16-8-13(21-15)9-1-3-20-4-2-9/h8-12H,1-7H2,(H2,16,17,18,19). The summed E-state index contributed by atoms with van der Waals surface area (Å²) >= 11 is 1.60. The van der Waals surface area contributed by atoms with Crippen LogP contribution < -0.4 is 10.6 Å². The fourth-order valence-electron chi connectivity index (χ4n) is 3.67. The average molecular weight is 307 g/mol. The summed E-state index contributed by atoms with van der Waals surface area (Å²) in [6.07, 6.45) is 7.70. The van der Waals surface area contributed by atoms with Crippen molar-refractivity contribution in [1.29, 1.82) is 0 Å². The molecule has 2 N–H and O–H groups in total. The molecule has 0 aromatic carbocycles. The number of hydrogen-bond acceptors (Lipinski definition) is 4. The van der Waals surface area contributed by atoms with Crippen molar-refractivity contribution in [3.8, 4) is 0 Å². The van der Waals surface area contributed by atoms with E-state index in [0.717, 1.165) is 50.7 Å². The molecule has 2 aliphatic carbocycles. The Morgan fingerprint density at radius 2 is 2.00 bits per heavy atom. The van der Waals surface area contributed by atoms with Crippen molar-refractivity contribution >= 4 is 22.5 Å². The van der Waals surface area contributed by atoms with Crippen LogP contribution in [-0.4, -0.2) is 30.3 Å². The van der Waals surface area contributed by atoms with Gasteiger partial charge in [0.25, 0.3) is 0 Å². The van der Waals surface area contributed by atoms with Crippen LogP contribution in [-0.2, 0) is 4.74 Å². The maximum Gasteiger partial charge on any atom is 0.321 e. The molecule has 5 nitrogen and oxygen atoms in total. The summed E-state index contributed by atoms with van der Waals surface area (Å²) in [6, 6.07) is 0.262. The number of amides is 2. The monoisotopic (exact) mass is 307 g/mol. The van der Waals surface area contributed by atoms with Gasteiger partial charge in [-0.3, -0.25) is 5.32 Å². The van der Waals surface area contributed by atoms with Crippen LogP contribution in [0.3, 0.4) is 0 Å². The van der Waals surface area contributed by atoms with Gasteiger partial charge in [-0.15, -0.1) is 11.3 Å². The van der Waals surface area contributed by atoms with E-state index < -0.39 is 0 Å². The molecule has 0 radical (unpaired) electrons. The summed E-state index contributed by atoms with van der Waals surface area (Å²) in [5.74, 6) is 2.31. The van der Waals surface area contributed by atoms with Crippen molar-refractivity contribution in [3.05, 3.63) is 11.1 Å². The predicted octanol–water partition coefficient (Wildman–Crippen LogP) is 2.96. The molecule has 2 amide bonds. The average Bonchev–Trinajstić information content (AvgIpc) is 2.89. The molecule has 1 aliphatic heterocycles. The van der Waals surface area contributed by atoms with Gasteiger partial charge in [-0.2, -0.15) is 0 Å². The van der Waals surface area contributed by atoms with E-state index >= 15 is 0 Å². The van der Waals surface area contributed by atoms with Crippen LogP contribution in [0, 0.1) is 11.8 Å². The topological polar surface area (TPSA) is 63.2 Å². The number of hydrogen-bond donors (Lipinski definition) is 2. The maximum atomic E-state index is 12.0. The molecule has 1 aromatic rings. The van der Waals surface area contributed by atoms with E-state index in [1.807, 2.05) is 6.20 Å². The smallest absolute Gasteiger partial charge is 0.321 e. The number of nitrogens with one attached hydrogen (secondary N) is 2. The number of fused-ring (bicyclic) bond motifs is 1. The van der Waals surface area contributed by atoms with Crippen molar-refractivity contribution in [3.63, 3.8) is 0 Å². The van der Waals surface area contributed by atoms with Gasteiger partial charge in [0.1, 0.15) is 0 Å². The molecule has 3 aliphatic rings. The van der Waals surface area contributed by atoms with Crippen molar-refractivity contribution in [2.45, 2.75) is 44.1 Å². The molecule has 1 saturated heterocycles. The van der Waals surface area contributed by atoms with Crippen molar-refractivity contribution in [2.24, 2.45) is 11.8 Å². The maximum absolute atomic E-state index is 12.0. The van der Waals surface area contributed by atoms with Gasteiger partial charge >= 0.3 is 6.03 Å². The van der Waals surface area contributed by atoms with E-state index in [2.05, 4.69) is 15.6 Å². The fourth-order valence-corrected chi connectivity index (χ4v) is 4.65. The fraction of sp³-hybridized carbons (Fsp3) is 0.733. The largest absolute Gasteiger partial charge is 0.381 e. The second kappa shape index (κ2) is 5.57. The number of carbonyl (C=O) groups is 1. The first-order valence-electron chi connectivity index (χ1n) is 7.89. The van der Waals surface area contributed by atoms with Crippen LogP contribution in [0.4, 0.5) is 9.93 Å². The summed E-state index contributed by atoms with van der Waals surface area (Å²) in [5.41, 5.74) is 0. The number of nitrogens with zero attached hydrogens (tertiary/aromatic N) is 1. The zero-order valence-electron chi connectivity index (χ0n) is 12.0. The normalized spacial score (nSPS) is 31.7. The minimum Gasteiger partial charge on any atom is -0.381 e. The molecular formula is C15H21N3O2S. The SMILES string of the molecule is O=C(Nc1ncc(C2CCOCC2)s1)NC1CC2CC2C1. The van der Waals surface area contributed by atoms with Gasteiger partial charge in [-0.1, -0.05) is 0 Å². The van der Waals surface area contributed by atoms with E-state index in [4.69, 9.17) is 4.74 Å². The molecule has 1 aromatic heterocycles. The lowest BCUT2D eigenvalue weighted by Gasteiger charge is -2.20. The molecule has 2 unspecified atom stereocenters. The lowest BCUT2D eigenvalue weighted by atomic mass is 9.99. The summed E-state index contributed by atoms with van der Waals surface area (Å²) in [7, 11) is 0. The molecular weight excluding hydrogens is 286 g/mol. The number of ether oxygens (including phenoxy) is 1. The molecule has 3 fully saturated rings. The minimum atomic E-state index is -0.103. The van der Waals surface area contributed by atoms with Crippen LogP contribution in [0.5, 0.6) is 0 Å². The minimum absolute atomic E-state index is 0.103. The van der Waals surface area contributed by atoms with Gasteiger partial charge in [-0.25, -0.2) is 9.78 Å². The quantitative estimate of drug-likeness (QED) is 0.902. The molecule has 2 saturated carbocycles. The summed E-state index contributed by atoms with van der Waals surface area (Å²) in [6.45, 7) is 1.66. The van der Waals surface area contributed by atoms with Crippen molar-refractivity contribution in [2.75, 3.05) is 18.5 Å². The highest BCUT2D eigenvalue weighted by Crippen LogP contribution is 2.51.